The van der Waals surface area contributed by atoms with Gasteiger partial charge in [0.1, 0.15) is 10.8 Å². The van der Waals surface area contributed by atoms with Crippen LogP contribution in [-0.2, 0) is 0 Å². The number of hydrogen-bond acceptors (Lipinski definition) is 5. The molecule has 90 valence electrons. The van der Waals surface area contributed by atoms with E-state index >= 15 is 0 Å². The van der Waals surface area contributed by atoms with Crippen LogP contribution >= 0.6 is 34.5 Å². The van der Waals surface area contributed by atoms with Crippen LogP contribution in [0.15, 0.2) is 17.8 Å². The van der Waals surface area contributed by atoms with E-state index in [2.05, 4.69) is 27.2 Å². The summed E-state index contributed by atoms with van der Waals surface area (Å²) in [6, 6.07) is 0. The first-order valence-corrected chi connectivity index (χ1v) is 6.61. The van der Waals surface area contributed by atoms with Crippen LogP contribution in [0.4, 0.5) is 5.82 Å². The largest absolute Gasteiger partial charge is 0.368 e. The molecule has 1 unspecified atom stereocenters. The fourth-order valence-corrected chi connectivity index (χ4v) is 2.27. The van der Waals surface area contributed by atoms with Crippen LogP contribution in [0.5, 0.6) is 0 Å². The Kier molecular flexibility index (Phi) is 4.15. The summed E-state index contributed by atoms with van der Waals surface area (Å²) in [6.07, 6.45) is 3.28. The maximum absolute atomic E-state index is 5.95. The summed E-state index contributed by atoms with van der Waals surface area (Å²) in [5, 5.41) is 6.82. The van der Waals surface area contributed by atoms with Gasteiger partial charge in [-0.2, -0.15) is 4.98 Å². The molecule has 0 saturated heterocycles. The summed E-state index contributed by atoms with van der Waals surface area (Å²) in [6.45, 7) is 2.78. The van der Waals surface area contributed by atoms with Crippen LogP contribution in [0.25, 0.3) is 0 Å². The Morgan fingerprint density at radius 1 is 1.41 bits per heavy atom. The van der Waals surface area contributed by atoms with Crippen LogP contribution in [-0.4, -0.2) is 21.5 Å². The lowest BCUT2D eigenvalue weighted by atomic mass is 10.2. The zero-order valence-electron chi connectivity index (χ0n) is 9.02. The van der Waals surface area contributed by atoms with Crippen molar-refractivity contribution in [3.05, 3.63) is 33.1 Å². The number of anilines is 1. The van der Waals surface area contributed by atoms with Gasteiger partial charge in [0.2, 0.25) is 5.28 Å². The van der Waals surface area contributed by atoms with E-state index < -0.39 is 0 Å². The molecule has 17 heavy (non-hydrogen) atoms. The van der Waals surface area contributed by atoms with Gasteiger partial charge in [-0.15, -0.1) is 11.3 Å². The maximum atomic E-state index is 5.95. The molecule has 2 aromatic rings. The van der Waals surface area contributed by atoms with Gasteiger partial charge in [0.15, 0.2) is 0 Å². The van der Waals surface area contributed by atoms with Crippen molar-refractivity contribution in [3.63, 3.8) is 0 Å². The highest BCUT2D eigenvalue weighted by Gasteiger charge is 2.10. The van der Waals surface area contributed by atoms with E-state index in [9.17, 15) is 0 Å². The highest BCUT2D eigenvalue weighted by molar-refractivity contribution is 7.09. The summed E-state index contributed by atoms with van der Waals surface area (Å²) < 4.78 is 0. The second-order valence-corrected chi connectivity index (χ2v) is 5.16. The molecule has 0 aliphatic rings. The highest BCUT2D eigenvalue weighted by Crippen LogP contribution is 2.22. The first-order valence-electron chi connectivity index (χ1n) is 4.98. The van der Waals surface area contributed by atoms with Crippen molar-refractivity contribution in [1.29, 1.82) is 0 Å². The van der Waals surface area contributed by atoms with E-state index in [1.165, 1.54) is 6.20 Å². The molecule has 2 heterocycles. The van der Waals surface area contributed by atoms with Gasteiger partial charge in [0, 0.05) is 24.0 Å². The number of nitrogens with zero attached hydrogens (tertiary/aromatic N) is 3. The molecule has 0 aliphatic carbocycles. The Morgan fingerprint density at radius 2 is 2.24 bits per heavy atom. The Labute approximate surface area is 113 Å². The molecule has 1 atom stereocenters. The molecule has 7 heteroatoms. The molecule has 0 aliphatic heterocycles. The molecule has 1 N–H and O–H groups in total. The van der Waals surface area contributed by atoms with Crippen LogP contribution < -0.4 is 5.32 Å². The lowest BCUT2D eigenvalue weighted by Gasteiger charge is -2.11. The predicted octanol–water partition coefficient (Wildman–Crippen LogP) is 3.46. The third-order valence-corrected chi connectivity index (χ3v) is 3.63. The second kappa shape index (κ2) is 5.62. The molecule has 0 fully saturated rings. The summed E-state index contributed by atoms with van der Waals surface area (Å²) in [4.78, 5) is 12.1. The molecule has 2 rings (SSSR count). The Hall–Kier alpha value is -0.910. The van der Waals surface area contributed by atoms with Gasteiger partial charge in [-0.1, -0.05) is 18.5 Å². The van der Waals surface area contributed by atoms with Gasteiger partial charge in [0.05, 0.1) is 11.2 Å². The number of thiazole rings is 1. The van der Waals surface area contributed by atoms with Crippen molar-refractivity contribution in [2.75, 3.05) is 11.9 Å². The number of halogens is 2. The van der Waals surface area contributed by atoms with E-state index in [1.54, 1.807) is 17.5 Å². The fourth-order valence-electron chi connectivity index (χ4n) is 1.28. The van der Waals surface area contributed by atoms with E-state index in [0.717, 1.165) is 5.01 Å². The fraction of sp³-hybridized carbons (Fsp3) is 0.300. The smallest absolute Gasteiger partial charge is 0.224 e. The molecule has 0 saturated carbocycles. The van der Waals surface area contributed by atoms with Crippen molar-refractivity contribution in [3.8, 4) is 0 Å². The highest BCUT2D eigenvalue weighted by atomic mass is 35.5. The van der Waals surface area contributed by atoms with Gasteiger partial charge < -0.3 is 5.32 Å². The minimum atomic E-state index is 0.179. The van der Waals surface area contributed by atoms with Crippen molar-refractivity contribution in [1.82, 2.24) is 15.0 Å². The Bertz CT molecular complexity index is 489. The first-order chi connectivity index (χ1) is 8.16. The quantitative estimate of drug-likeness (QED) is 0.876. The topological polar surface area (TPSA) is 50.7 Å². The molecule has 0 bridgehead atoms. The van der Waals surface area contributed by atoms with Crippen LogP contribution in [0.3, 0.4) is 0 Å². The van der Waals surface area contributed by atoms with Gasteiger partial charge in [-0.3, -0.25) is 0 Å². The molecule has 0 aromatic carbocycles. The lowest BCUT2D eigenvalue weighted by Crippen LogP contribution is -2.11. The summed E-state index contributed by atoms with van der Waals surface area (Å²) in [5.74, 6) is 0.842. The van der Waals surface area contributed by atoms with Crippen molar-refractivity contribution in [2.24, 2.45) is 0 Å². The van der Waals surface area contributed by atoms with Crippen LogP contribution in [0.2, 0.25) is 10.3 Å². The molecule has 2 aromatic heterocycles. The van der Waals surface area contributed by atoms with E-state index in [-0.39, 0.29) is 5.28 Å². The molecule has 4 nitrogen and oxygen atoms in total. The van der Waals surface area contributed by atoms with Crippen molar-refractivity contribution in [2.45, 2.75) is 12.8 Å². The zero-order valence-corrected chi connectivity index (χ0v) is 11.4. The van der Waals surface area contributed by atoms with Crippen molar-refractivity contribution >= 4 is 40.4 Å². The van der Waals surface area contributed by atoms with E-state index in [1.807, 2.05) is 5.38 Å². The molecular weight excluding hydrogens is 279 g/mol. The average molecular weight is 289 g/mol. The van der Waals surface area contributed by atoms with E-state index in [4.69, 9.17) is 23.2 Å². The minimum Gasteiger partial charge on any atom is -0.368 e. The van der Waals surface area contributed by atoms with Crippen LogP contribution in [0.1, 0.15) is 17.8 Å². The molecular formula is C10H10Cl2N4S. The maximum Gasteiger partial charge on any atom is 0.224 e. The molecule has 0 amide bonds. The Balaban J connectivity index is 2.00. The number of rotatable bonds is 4. The lowest BCUT2D eigenvalue weighted by molar-refractivity contribution is 0.791. The van der Waals surface area contributed by atoms with Crippen LogP contribution in [0, 0.1) is 0 Å². The third kappa shape index (κ3) is 3.28. The standard InChI is InChI=1S/C10H10Cl2N4S/c1-6(9-13-2-3-17-9)4-14-8-7(11)5-15-10(12)16-8/h2-3,5-6H,4H2,1H3,(H,14,15,16). The van der Waals surface area contributed by atoms with Gasteiger partial charge in [-0.25, -0.2) is 9.97 Å². The summed E-state index contributed by atoms with van der Waals surface area (Å²) in [5.41, 5.74) is 0. The first kappa shape index (κ1) is 12.5. The van der Waals surface area contributed by atoms with E-state index in [0.29, 0.717) is 23.3 Å². The van der Waals surface area contributed by atoms with Gasteiger partial charge in [-0.05, 0) is 11.6 Å². The monoisotopic (exact) mass is 288 g/mol. The average Bonchev–Trinajstić information content (AvgIpc) is 2.83. The van der Waals surface area contributed by atoms with Crippen molar-refractivity contribution < 1.29 is 0 Å². The zero-order chi connectivity index (χ0) is 12.3. The minimum absolute atomic E-state index is 0.179. The normalized spacial score (nSPS) is 12.4. The van der Waals surface area contributed by atoms with Gasteiger partial charge in [0.25, 0.3) is 0 Å². The molecule has 0 radical (unpaired) electrons. The third-order valence-electron chi connectivity index (χ3n) is 2.16. The number of hydrogen-bond donors (Lipinski definition) is 1. The number of aromatic nitrogens is 3. The predicted molar refractivity (Wildman–Crippen MR) is 71.1 cm³/mol. The molecule has 0 spiro atoms. The summed E-state index contributed by atoms with van der Waals surface area (Å²) in [7, 11) is 0. The van der Waals surface area contributed by atoms with Gasteiger partial charge >= 0.3 is 0 Å². The second-order valence-electron chi connectivity index (χ2n) is 3.49. The Morgan fingerprint density at radius 3 is 2.94 bits per heavy atom. The number of nitrogens with one attached hydrogen (secondary N) is 1. The summed E-state index contributed by atoms with van der Waals surface area (Å²) >= 11 is 13.3. The SMILES string of the molecule is CC(CNc1nc(Cl)ncc1Cl)c1nccs1.